The van der Waals surface area contributed by atoms with Gasteiger partial charge >= 0.3 is 5.97 Å². The predicted molar refractivity (Wildman–Crippen MR) is 52.1 cm³/mol. The Kier molecular flexibility index (Phi) is 3.02. The Morgan fingerprint density at radius 3 is 2.40 bits per heavy atom. The number of alkyl halides is 1. The number of likely N-dealkylation sites (tertiary alicyclic amines) is 1. The maximum atomic E-state index is 13.4. The highest BCUT2D eigenvalue weighted by molar-refractivity contribution is 5.76. The van der Waals surface area contributed by atoms with Crippen molar-refractivity contribution >= 4 is 11.9 Å². The van der Waals surface area contributed by atoms with Gasteiger partial charge in [0.05, 0.1) is 0 Å². The number of carbonyl (C=O) groups is 2. The summed E-state index contributed by atoms with van der Waals surface area (Å²) >= 11 is 0. The lowest BCUT2D eigenvalue weighted by molar-refractivity contribution is -0.147. The molecule has 0 spiro atoms. The number of rotatable bonds is 2. The van der Waals surface area contributed by atoms with Gasteiger partial charge in [0.25, 0.3) is 0 Å². The first-order chi connectivity index (χ1) is 6.78. The van der Waals surface area contributed by atoms with Crippen LogP contribution in [0.5, 0.6) is 0 Å². The minimum Gasteiger partial charge on any atom is -0.479 e. The van der Waals surface area contributed by atoms with Crippen LogP contribution in [-0.4, -0.2) is 40.1 Å². The smallest absolute Gasteiger partial charge is 0.338 e. The van der Waals surface area contributed by atoms with Crippen molar-refractivity contribution in [1.29, 1.82) is 0 Å². The molecule has 1 N–H and O–H groups in total. The van der Waals surface area contributed by atoms with Crippen molar-refractivity contribution in [2.24, 2.45) is 5.92 Å². The Bertz CT molecular complexity index is 290. The van der Waals surface area contributed by atoms with Gasteiger partial charge in [-0.25, -0.2) is 9.18 Å². The fourth-order valence-electron chi connectivity index (χ4n) is 2.35. The molecular weight excluding hydrogens is 201 g/mol. The number of aliphatic carboxylic acids is 1. The summed E-state index contributed by atoms with van der Waals surface area (Å²) in [4.78, 5) is 23.4. The highest BCUT2D eigenvalue weighted by atomic mass is 19.1. The van der Waals surface area contributed by atoms with Crippen molar-refractivity contribution < 1.29 is 19.1 Å². The van der Waals surface area contributed by atoms with Crippen molar-refractivity contribution in [1.82, 2.24) is 4.90 Å². The molecule has 1 aliphatic heterocycles. The van der Waals surface area contributed by atoms with E-state index in [1.807, 2.05) is 0 Å². The fraction of sp³-hybridized carbons (Fsp3) is 0.800. The molecule has 1 heterocycles. The van der Waals surface area contributed by atoms with E-state index in [9.17, 15) is 14.0 Å². The third-order valence-electron chi connectivity index (χ3n) is 3.24. The van der Waals surface area contributed by atoms with E-state index >= 15 is 0 Å². The fourth-order valence-corrected chi connectivity index (χ4v) is 2.35. The van der Waals surface area contributed by atoms with E-state index in [-0.39, 0.29) is 5.91 Å². The molecule has 4 nitrogen and oxygen atoms in total. The number of carbonyl (C=O) groups excluding carboxylic acids is 1. The van der Waals surface area contributed by atoms with Gasteiger partial charge in [0.1, 0.15) is 0 Å². The van der Waals surface area contributed by atoms with E-state index in [2.05, 4.69) is 0 Å². The van der Waals surface area contributed by atoms with E-state index in [1.54, 1.807) is 13.8 Å². The van der Waals surface area contributed by atoms with Crippen LogP contribution in [0.25, 0.3) is 0 Å². The normalized spacial score (nSPS) is 26.4. The number of nitrogens with zero attached hydrogens (tertiary/aromatic N) is 1. The standard InChI is InChI=1S/C10H16FNO3/c1-6(13)12-5-4-7(10(12,2)3)8(11)9(14)15/h7-8H,4-5H2,1-3H3,(H,14,15). The molecule has 1 fully saturated rings. The first-order valence-corrected chi connectivity index (χ1v) is 4.93. The molecular formula is C10H16FNO3. The Morgan fingerprint density at radius 1 is 1.53 bits per heavy atom. The van der Waals surface area contributed by atoms with Crippen LogP contribution in [0.1, 0.15) is 27.2 Å². The molecule has 1 rings (SSSR count). The van der Waals surface area contributed by atoms with Gasteiger partial charge in [-0.05, 0) is 20.3 Å². The minimum atomic E-state index is -1.90. The van der Waals surface area contributed by atoms with Crippen molar-refractivity contribution in [3.63, 3.8) is 0 Å². The van der Waals surface area contributed by atoms with Crippen LogP contribution in [0.2, 0.25) is 0 Å². The van der Waals surface area contributed by atoms with Gasteiger partial charge in [-0.15, -0.1) is 0 Å². The average Bonchev–Trinajstić information content (AvgIpc) is 2.39. The first-order valence-electron chi connectivity index (χ1n) is 4.93. The molecule has 0 radical (unpaired) electrons. The Morgan fingerprint density at radius 2 is 2.07 bits per heavy atom. The van der Waals surface area contributed by atoms with E-state index in [0.717, 1.165) is 0 Å². The lowest BCUT2D eigenvalue weighted by Gasteiger charge is -2.35. The number of hydrogen-bond acceptors (Lipinski definition) is 2. The van der Waals surface area contributed by atoms with Gasteiger partial charge in [0, 0.05) is 24.9 Å². The van der Waals surface area contributed by atoms with Crippen LogP contribution >= 0.6 is 0 Å². The highest BCUT2D eigenvalue weighted by Crippen LogP contribution is 2.37. The number of carboxylic acid groups (broad SMARTS) is 1. The second-order valence-electron chi connectivity index (χ2n) is 4.46. The SMILES string of the molecule is CC(=O)N1CCC(C(F)C(=O)O)C1(C)C. The third-order valence-corrected chi connectivity index (χ3v) is 3.24. The zero-order valence-corrected chi connectivity index (χ0v) is 9.16. The molecule has 2 unspecified atom stereocenters. The summed E-state index contributed by atoms with van der Waals surface area (Å²) in [5.74, 6) is -2.21. The third kappa shape index (κ3) is 1.96. The molecule has 2 atom stereocenters. The van der Waals surface area contributed by atoms with Crippen LogP contribution in [0.3, 0.4) is 0 Å². The number of halogens is 1. The molecule has 0 aliphatic carbocycles. The summed E-state index contributed by atoms with van der Waals surface area (Å²) in [7, 11) is 0. The van der Waals surface area contributed by atoms with E-state index in [4.69, 9.17) is 5.11 Å². The second-order valence-corrected chi connectivity index (χ2v) is 4.46. The Labute approximate surface area is 88.1 Å². The maximum absolute atomic E-state index is 13.4. The van der Waals surface area contributed by atoms with Crippen molar-refractivity contribution in [3.8, 4) is 0 Å². The van der Waals surface area contributed by atoms with Crippen LogP contribution in [0.4, 0.5) is 4.39 Å². The zero-order chi connectivity index (χ0) is 11.8. The van der Waals surface area contributed by atoms with Crippen molar-refractivity contribution in [3.05, 3.63) is 0 Å². The van der Waals surface area contributed by atoms with E-state index in [0.29, 0.717) is 13.0 Å². The van der Waals surface area contributed by atoms with Gasteiger partial charge in [-0.2, -0.15) is 0 Å². The lowest BCUT2D eigenvalue weighted by Crippen LogP contribution is -2.48. The van der Waals surface area contributed by atoms with Crippen LogP contribution in [0.15, 0.2) is 0 Å². The molecule has 1 saturated heterocycles. The van der Waals surface area contributed by atoms with Gasteiger partial charge in [-0.1, -0.05) is 0 Å². The van der Waals surface area contributed by atoms with E-state index in [1.165, 1.54) is 11.8 Å². The predicted octanol–water partition coefficient (Wildman–Crippen LogP) is 1.06. The monoisotopic (exact) mass is 217 g/mol. The van der Waals surface area contributed by atoms with Gasteiger partial charge in [0.2, 0.25) is 12.1 Å². The van der Waals surface area contributed by atoms with Crippen molar-refractivity contribution in [2.45, 2.75) is 38.9 Å². The van der Waals surface area contributed by atoms with E-state index < -0.39 is 23.6 Å². The Hall–Kier alpha value is -1.13. The molecule has 0 saturated carbocycles. The average molecular weight is 217 g/mol. The van der Waals surface area contributed by atoms with Crippen LogP contribution in [-0.2, 0) is 9.59 Å². The number of amides is 1. The zero-order valence-electron chi connectivity index (χ0n) is 9.16. The topological polar surface area (TPSA) is 57.6 Å². The Balaban J connectivity index is 2.88. The first kappa shape index (κ1) is 11.9. The van der Waals surface area contributed by atoms with Crippen LogP contribution in [0, 0.1) is 5.92 Å². The van der Waals surface area contributed by atoms with Crippen molar-refractivity contribution in [2.75, 3.05) is 6.54 Å². The minimum absolute atomic E-state index is 0.139. The molecule has 1 amide bonds. The van der Waals surface area contributed by atoms with Gasteiger partial charge in [0.15, 0.2) is 0 Å². The summed E-state index contributed by atoms with van der Waals surface area (Å²) < 4.78 is 13.4. The quantitative estimate of drug-likeness (QED) is 0.752. The summed E-state index contributed by atoms with van der Waals surface area (Å²) in [6.07, 6.45) is -1.50. The molecule has 5 heteroatoms. The summed E-state index contributed by atoms with van der Waals surface area (Å²) in [5.41, 5.74) is -0.719. The summed E-state index contributed by atoms with van der Waals surface area (Å²) in [6, 6.07) is 0. The molecule has 0 bridgehead atoms. The molecule has 86 valence electrons. The summed E-state index contributed by atoms with van der Waals surface area (Å²) in [5, 5.41) is 8.62. The van der Waals surface area contributed by atoms with Crippen LogP contribution < -0.4 is 0 Å². The highest BCUT2D eigenvalue weighted by Gasteiger charge is 2.48. The molecule has 1 aliphatic rings. The molecule has 0 aromatic rings. The molecule has 0 aromatic heterocycles. The second kappa shape index (κ2) is 3.79. The number of hydrogen-bond donors (Lipinski definition) is 1. The largest absolute Gasteiger partial charge is 0.479 e. The van der Waals surface area contributed by atoms with Gasteiger partial charge < -0.3 is 10.0 Å². The molecule has 0 aromatic carbocycles. The lowest BCUT2D eigenvalue weighted by atomic mass is 9.84. The number of carboxylic acids is 1. The maximum Gasteiger partial charge on any atom is 0.338 e. The van der Waals surface area contributed by atoms with Gasteiger partial charge in [-0.3, -0.25) is 4.79 Å². The molecule has 15 heavy (non-hydrogen) atoms. The summed E-state index contributed by atoms with van der Waals surface area (Å²) in [6.45, 7) is 5.27.